The van der Waals surface area contributed by atoms with Crippen molar-refractivity contribution in [1.29, 1.82) is 0 Å². The van der Waals surface area contributed by atoms with Crippen molar-refractivity contribution in [2.24, 2.45) is 0 Å². The number of nitrogens with zero attached hydrogens (tertiary/aromatic N) is 3. The van der Waals surface area contributed by atoms with Crippen molar-refractivity contribution in [1.82, 2.24) is 14.5 Å². The second-order valence-corrected chi connectivity index (χ2v) is 8.42. The smallest absolute Gasteiger partial charge is 0.149 e. The first-order valence-corrected chi connectivity index (χ1v) is 10.8. The highest BCUT2D eigenvalue weighted by Gasteiger charge is 2.20. The van der Waals surface area contributed by atoms with Gasteiger partial charge in [-0.05, 0) is 48.7 Å². The van der Waals surface area contributed by atoms with Crippen LogP contribution < -0.4 is 0 Å². The summed E-state index contributed by atoms with van der Waals surface area (Å²) >= 11 is 0. The molecular formula is C28H23N3O. The number of furan rings is 1. The summed E-state index contributed by atoms with van der Waals surface area (Å²) in [5.41, 5.74) is 7.26. The van der Waals surface area contributed by atoms with Crippen LogP contribution in [0.4, 0.5) is 0 Å². The summed E-state index contributed by atoms with van der Waals surface area (Å²) in [7, 11) is 0. The number of imidazole rings is 1. The van der Waals surface area contributed by atoms with Crippen molar-refractivity contribution in [3.05, 3.63) is 90.3 Å². The van der Waals surface area contributed by atoms with E-state index in [1.807, 2.05) is 63.4 Å². The maximum Gasteiger partial charge on any atom is 0.149 e. The highest BCUT2D eigenvalue weighted by atomic mass is 16.3. The van der Waals surface area contributed by atoms with Crippen LogP contribution in [-0.2, 0) is 0 Å². The fourth-order valence-corrected chi connectivity index (χ4v) is 4.39. The zero-order valence-electron chi connectivity index (χ0n) is 19.3. The van der Waals surface area contributed by atoms with E-state index >= 15 is 0 Å². The lowest BCUT2D eigenvalue weighted by Crippen LogP contribution is -1.97. The highest BCUT2D eigenvalue weighted by Crippen LogP contribution is 2.38. The zero-order valence-corrected chi connectivity index (χ0v) is 18.3. The average molecular weight is 419 g/mol. The third-order valence-electron chi connectivity index (χ3n) is 6.01. The average Bonchev–Trinajstić information content (AvgIpc) is 3.36. The van der Waals surface area contributed by atoms with E-state index in [0.717, 1.165) is 61.3 Å². The molecule has 0 spiro atoms. The highest BCUT2D eigenvalue weighted by molar-refractivity contribution is 6.09. The van der Waals surface area contributed by atoms with Crippen molar-refractivity contribution >= 4 is 33.0 Å². The Bertz CT molecular complexity index is 1660. The first-order valence-electron chi connectivity index (χ1n) is 11.3. The minimum atomic E-state index is -0.692. The Morgan fingerprint density at radius 2 is 1.78 bits per heavy atom. The Morgan fingerprint density at radius 3 is 2.59 bits per heavy atom. The van der Waals surface area contributed by atoms with Gasteiger partial charge < -0.3 is 4.42 Å². The summed E-state index contributed by atoms with van der Waals surface area (Å²) in [5.74, 6) is 0.122. The van der Waals surface area contributed by atoms with E-state index in [0.29, 0.717) is 0 Å². The minimum Gasteiger partial charge on any atom is -0.455 e. The monoisotopic (exact) mass is 418 g/mol. The van der Waals surface area contributed by atoms with Gasteiger partial charge in [0, 0.05) is 23.5 Å². The summed E-state index contributed by atoms with van der Waals surface area (Å²) in [6, 6.07) is 24.6. The Morgan fingerprint density at radius 1 is 0.938 bits per heavy atom. The molecule has 6 aromatic rings. The molecule has 4 heteroatoms. The molecule has 6 rings (SSSR count). The summed E-state index contributed by atoms with van der Waals surface area (Å²) in [5, 5.41) is 2.08. The molecule has 0 atom stereocenters. The maximum absolute atomic E-state index is 8.40. The molecule has 0 saturated carbocycles. The molecule has 3 aromatic carbocycles. The Balaban J connectivity index is 1.68. The Kier molecular flexibility index (Phi) is 3.91. The molecule has 0 radical (unpaired) electrons. The standard InChI is InChI=1S/C28H23N3O/c1-17(2)19-12-13-21-22-10-7-11-23(27(22)32-26(21)15-19)28-30-24-16-29-18(3)14-25(24)31(28)20-8-5-4-6-9-20/h4-17H,1-3H3/i17D. The zero-order chi connectivity index (χ0) is 22.7. The number of aryl methyl sites for hydroxylation is 1. The molecule has 32 heavy (non-hydrogen) atoms. The molecule has 156 valence electrons. The quantitative estimate of drug-likeness (QED) is 0.300. The summed E-state index contributed by atoms with van der Waals surface area (Å²) in [4.78, 5) is 9.45. The van der Waals surface area contributed by atoms with E-state index < -0.39 is 5.89 Å². The largest absolute Gasteiger partial charge is 0.455 e. The molecule has 0 saturated heterocycles. The van der Waals surface area contributed by atoms with Gasteiger partial charge in [-0.1, -0.05) is 56.3 Å². The Hall–Kier alpha value is -3.92. The van der Waals surface area contributed by atoms with Gasteiger partial charge in [-0.15, -0.1) is 0 Å². The van der Waals surface area contributed by atoms with E-state index in [4.69, 9.17) is 10.8 Å². The second kappa shape index (κ2) is 7.06. The number of para-hydroxylation sites is 2. The number of benzene rings is 3. The van der Waals surface area contributed by atoms with Crippen molar-refractivity contribution < 1.29 is 5.79 Å². The normalized spacial score (nSPS) is 12.7. The van der Waals surface area contributed by atoms with E-state index in [9.17, 15) is 0 Å². The van der Waals surface area contributed by atoms with Crippen molar-refractivity contribution in [3.8, 4) is 17.1 Å². The first kappa shape index (κ1) is 17.7. The Labute approximate surface area is 187 Å². The number of fused-ring (bicyclic) bond motifs is 4. The van der Waals surface area contributed by atoms with Crippen LogP contribution in [0.25, 0.3) is 50.0 Å². The molecule has 0 aliphatic rings. The van der Waals surface area contributed by atoms with E-state index in [2.05, 4.69) is 45.9 Å². The second-order valence-electron chi connectivity index (χ2n) is 8.42. The van der Waals surface area contributed by atoms with Crippen LogP contribution in [0.3, 0.4) is 0 Å². The SMILES string of the molecule is [2H]C(C)(C)c1ccc2c(c1)oc1c(-c3nc4cnc(C)cc4n3-c3ccccc3)cccc12. The molecule has 4 nitrogen and oxygen atoms in total. The summed E-state index contributed by atoms with van der Waals surface area (Å²) in [6.45, 7) is 5.77. The lowest BCUT2D eigenvalue weighted by molar-refractivity contribution is 0.667. The summed E-state index contributed by atoms with van der Waals surface area (Å²) < 4.78 is 17.0. The van der Waals surface area contributed by atoms with Crippen molar-refractivity contribution in [2.75, 3.05) is 0 Å². The molecule has 0 aliphatic heterocycles. The van der Waals surface area contributed by atoms with Gasteiger partial charge in [0.25, 0.3) is 0 Å². The molecule has 3 aromatic heterocycles. The van der Waals surface area contributed by atoms with Gasteiger partial charge >= 0.3 is 0 Å². The number of aromatic nitrogens is 3. The fourth-order valence-electron chi connectivity index (χ4n) is 4.39. The fraction of sp³-hybridized carbons (Fsp3) is 0.143. The van der Waals surface area contributed by atoms with Crippen molar-refractivity contribution in [3.63, 3.8) is 0 Å². The van der Waals surface area contributed by atoms with Crippen LogP contribution >= 0.6 is 0 Å². The van der Waals surface area contributed by atoms with Gasteiger partial charge in [0.2, 0.25) is 0 Å². The van der Waals surface area contributed by atoms with Crippen LogP contribution in [0, 0.1) is 6.92 Å². The molecule has 0 aliphatic carbocycles. The number of hydrogen-bond acceptors (Lipinski definition) is 3. The van der Waals surface area contributed by atoms with Crippen molar-refractivity contribution in [2.45, 2.75) is 26.7 Å². The van der Waals surface area contributed by atoms with Gasteiger partial charge in [-0.25, -0.2) is 4.98 Å². The first-order chi connectivity index (χ1) is 15.9. The molecule has 3 heterocycles. The molecule has 0 fully saturated rings. The minimum absolute atomic E-state index is 0.692. The predicted octanol–water partition coefficient (Wildman–Crippen LogP) is 7.42. The van der Waals surface area contributed by atoms with Gasteiger partial charge in [0.1, 0.15) is 22.5 Å². The van der Waals surface area contributed by atoms with E-state index in [-0.39, 0.29) is 0 Å². The number of hydrogen-bond donors (Lipinski definition) is 0. The van der Waals surface area contributed by atoms with Gasteiger partial charge in [-0.3, -0.25) is 9.55 Å². The third kappa shape index (κ3) is 2.83. The van der Waals surface area contributed by atoms with Crippen LogP contribution in [0.15, 0.2) is 83.4 Å². The third-order valence-corrected chi connectivity index (χ3v) is 6.01. The molecule has 0 N–H and O–H groups in total. The van der Waals surface area contributed by atoms with Crippen LogP contribution in [0.2, 0.25) is 0 Å². The lowest BCUT2D eigenvalue weighted by atomic mass is 10.0. The van der Waals surface area contributed by atoms with Crippen LogP contribution in [0.5, 0.6) is 0 Å². The predicted molar refractivity (Wildman–Crippen MR) is 130 cm³/mol. The van der Waals surface area contributed by atoms with Gasteiger partial charge in [-0.2, -0.15) is 0 Å². The van der Waals surface area contributed by atoms with Gasteiger partial charge in [0.05, 0.1) is 17.3 Å². The molecular weight excluding hydrogens is 394 g/mol. The molecule has 0 amide bonds. The van der Waals surface area contributed by atoms with Gasteiger partial charge in [0.15, 0.2) is 0 Å². The number of pyridine rings is 1. The number of rotatable bonds is 3. The lowest BCUT2D eigenvalue weighted by Gasteiger charge is -2.10. The molecule has 0 unspecified atom stereocenters. The van der Waals surface area contributed by atoms with E-state index in [1.165, 1.54) is 0 Å². The van der Waals surface area contributed by atoms with E-state index in [1.54, 1.807) is 0 Å². The maximum atomic E-state index is 8.40. The topological polar surface area (TPSA) is 43.9 Å². The molecule has 0 bridgehead atoms. The van der Waals surface area contributed by atoms with Crippen LogP contribution in [0.1, 0.15) is 32.4 Å². The van der Waals surface area contributed by atoms with Crippen LogP contribution in [-0.4, -0.2) is 14.5 Å². The summed E-state index contributed by atoms with van der Waals surface area (Å²) in [6.07, 6.45) is 1.83.